The number of ether oxygens (including phenoxy) is 1. The smallest absolute Gasteiger partial charge is 0.255 e. The van der Waals surface area contributed by atoms with E-state index >= 15 is 0 Å². The van der Waals surface area contributed by atoms with Gasteiger partial charge in [-0.1, -0.05) is 49.4 Å². The molecule has 0 aliphatic heterocycles. The Hall–Kier alpha value is -1.71. The summed E-state index contributed by atoms with van der Waals surface area (Å²) in [6.07, 6.45) is 4.67. The lowest BCUT2D eigenvalue weighted by atomic mass is 10.2. The number of hydrogen-bond acceptors (Lipinski definition) is 2. The molecule has 128 valence electrons. The van der Waals surface area contributed by atoms with Crippen LogP contribution in [-0.2, 0) is 0 Å². The van der Waals surface area contributed by atoms with Crippen LogP contribution in [0.5, 0.6) is 5.75 Å². The van der Waals surface area contributed by atoms with Crippen LogP contribution in [0.25, 0.3) is 0 Å². The summed E-state index contributed by atoms with van der Waals surface area (Å²) in [5.41, 5.74) is 1.07. The van der Waals surface area contributed by atoms with E-state index in [-0.39, 0.29) is 5.91 Å². The number of nitrogens with one attached hydrogen (secondary N) is 1. The normalized spacial score (nSPS) is 10.5. The highest BCUT2D eigenvalue weighted by atomic mass is 35.5. The summed E-state index contributed by atoms with van der Waals surface area (Å²) in [6, 6.07) is 12.0. The van der Waals surface area contributed by atoms with Crippen molar-refractivity contribution in [3.63, 3.8) is 0 Å². The van der Waals surface area contributed by atoms with Crippen molar-refractivity contribution >= 4 is 34.8 Å². The first-order chi connectivity index (χ1) is 11.6. The molecule has 0 radical (unpaired) electrons. The van der Waals surface area contributed by atoms with E-state index in [1.165, 1.54) is 19.3 Å². The third-order valence-electron chi connectivity index (χ3n) is 3.56. The van der Waals surface area contributed by atoms with Gasteiger partial charge in [0.2, 0.25) is 0 Å². The van der Waals surface area contributed by atoms with E-state index in [0.29, 0.717) is 27.9 Å². The lowest BCUT2D eigenvalue weighted by molar-refractivity contribution is 0.102. The molecule has 0 unspecified atom stereocenters. The summed E-state index contributed by atoms with van der Waals surface area (Å²) >= 11 is 11.9. The molecule has 0 saturated heterocycles. The van der Waals surface area contributed by atoms with E-state index in [9.17, 15) is 4.79 Å². The van der Waals surface area contributed by atoms with Gasteiger partial charge in [0.05, 0.1) is 17.3 Å². The molecule has 0 spiro atoms. The van der Waals surface area contributed by atoms with Crippen molar-refractivity contribution in [2.24, 2.45) is 0 Å². The molecule has 0 heterocycles. The Bertz CT molecular complexity index is 672. The van der Waals surface area contributed by atoms with Gasteiger partial charge in [0.1, 0.15) is 5.75 Å². The average molecular weight is 366 g/mol. The maximum Gasteiger partial charge on any atom is 0.255 e. The minimum Gasteiger partial charge on any atom is -0.494 e. The molecule has 2 aromatic rings. The number of benzene rings is 2. The topological polar surface area (TPSA) is 38.3 Å². The van der Waals surface area contributed by atoms with E-state index in [0.717, 1.165) is 12.2 Å². The first-order valence-corrected chi connectivity index (χ1v) is 8.85. The second kappa shape index (κ2) is 9.55. The van der Waals surface area contributed by atoms with Crippen LogP contribution in [0, 0.1) is 0 Å². The summed E-state index contributed by atoms with van der Waals surface area (Å²) in [5, 5.41) is 3.70. The largest absolute Gasteiger partial charge is 0.494 e. The molecule has 0 fully saturated rings. The number of carbonyl (C=O) groups excluding carboxylic acids is 1. The molecular weight excluding hydrogens is 345 g/mol. The molecule has 0 aliphatic rings. The van der Waals surface area contributed by atoms with Gasteiger partial charge in [-0.25, -0.2) is 0 Å². The van der Waals surface area contributed by atoms with Crippen LogP contribution >= 0.6 is 23.2 Å². The number of unbranched alkanes of at least 4 members (excludes halogenated alkanes) is 3. The monoisotopic (exact) mass is 365 g/mol. The highest BCUT2D eigenvalue weighted by Gasteiger charge is 2.09. The molecular formula is C19H21Cl2NO2. The number of amides is 1. The molecule has 5 heteroatoms. The fourth-order valence-electron chi connectivity index (χ4n) is 2.21. The Labute approximate surface area is 152 Å². The molecule has 24 heavy (non-hydrogen) atoms. The molecule has 0 atom stereocenters. The number of rotatable bonds is 8. The minimum absolute atomic E-state index is 0.228. The fourth-order valence-corrected chi connectivity index (χ4v) is 2.66. The molecule has 2 rings (SSSR count). The second-order valence-corrected chi connectivity index (χ2v) is 6.36. The summed E-state index contributed by atoms with van der Waals surface area (Å²) in [5.74, 6) is 0.543. The maximum atomic E-state index is 12.3. The van der Waals surface area contributed by atoms with E-state index in [4.69, 9.17) is 27.9 Å². The van der Waals surface area contributed by atoms with Crippen molar-refractivity contribution in [3.8, 4) is 5.75 Å². The van der Waals surface area contributed by atoms with Gasteiger partial charge >= 0.3 is 0 Å². The SMILES string of the molecule is CCCCCCOc1ccc(C(=O)Nc2ccc(Cl)cc2Cl)cc1. The van der Waals surface area contributed by atoms with Crippen LogP contribution in [0.3, 0.4) is 0 Å². The van der Waals surface area contributed by atoms with Gasteiger partial charge < -0.3 is 10.1 Å². The van der Waals surface area contributed by atoms with Gasteiger partial charge in [-0.05, 0) is 48.9 Å². The van der Waals surface area contributed by atoms with E-state index in [2.05, 4.69) is 12.2 Å². The van der Waals surface area contributed by atoms with Gasteiger partial charge in [0.15, 0.2) is 0 Å². The summed E-state index contributed by atoms with van der Waals surface area (Å²) in [6.45, 7) is 2.88. The zero-order valence-electron chi connectivity index (χ0n) is 13.6. The third kappa shape index (κ3) is 5.73. The molecule has 1 N–H and O–H groups in total. The highest BCUT2D eigenvalue weighted by molar-refractivity contribution is 6.36. The Morgan fingerprint density at radius 1 is 1.04 bits per heavy atom. The number of carbonyl (C=O) groups is 1. The van der Waals surface area contributed by atoms with Gasteiger partial charge in [0.25, 0.3) is 5.91 Å². The Morgan fingerprint density at radius 3 is 2.46 bits per heavy atom. The molecule has 2 aromatic carbocycles. The first kappa shape index (κ1) is 18.6. The molecule has 0 saturated carbocycles. The number of hydrogen-bond donors (Lipinski definition) is 1. The van der Waals surface area contributed by atoms with Crippen molar-refractivity contribution in [2.75, 3.05) is 11.9 Å². The van der Waals surface area contributed by atoms with Crippen molar-refractivity contribution in [1.82, 2.24) is 0 Å². The van der Waals surface area contributed by atoms with Crippen LogP contribution in [0.2, 0.25) is 10.0 Å². The van der Waals surface area contributed by atoms with Gasteiger partial charge in [-0.3, -0.25) is 4.79 Å². The average Bonchev–Trinajstić information content (AvgIpc) is 2.57. The lowest BCUT2D eigenvalue weighted by Gasteiger charge is -2.09. The van der Waals surface area contributed by atoms with Crippen LogP contribution in [0.15, 0.2) is 42.5 Å². The quantitative estimate of drug-likeness (QED) is 0.565. The van der Waals surface area contributed by atoms with Gasteiger partial charge in [-0.15, -0.1) is 0 Å². The highest BCUT2D eigenvalue weighted by Crippen LogP contribution is 2.26. The summed E-state index contributed by atoms with van der Waals surface area (Å²) in [4.78, 5) is 12.3. The van der Waals surface area contributed by atoms with Crippen molar-refractivity contribution in [1.29, 1.82) is 0 Å². The molecule has 3 nitrogen and oxygen atoms in total. The fraction of sp³-hybridized carbons (Fsp3) is 0.316. The Balaban J connectivity index is 1.89. The Kier molecular flexibility index (Phi) is 7.41. The van der Waals surface area contributed by atoms with Crippen LogP contribution in [-0.4, -0.2) is 12.5 Å². The van der Waals surface area contributed by atoms with Crippen molar-refractivity contribution < 1.29 is 9.53 Å². The summed E-state index contributed by atoms with van der Waals surface area (Å²) < 4.78 is 5.67. The van der Waals surface area contributed by atoms with E-state index in [1.807, 2.05) is 0 Å². The van der Waals surface area contributed by atoms with Crippen molar-refractivity contribution in [2.45, 2.75) is 32.6 Å². The number of halogens is 2. The standard InChI is InChI=1S/C19H21Cl2NO2/c1-2-3-4-5-12-24-16-9-6-14(7-10-16)19(23)22-18-11-8-15(20)13-17(18)21/h6-11,13H,2-5,12H2,1H3,(H,22,23). The Morgan fingerprint density at radius 2 is 1.79 bits per heavy atom. The first-order valence-electron chi connectivity index (χ1n) is 8.09. The molecule has 0 aromatic heterocycles. The predicted octanol–water partition coefficient (Wildman–Crippen LogP) is 6.20. The lowest BCUT2D eigenvalue weighted by Crippen LogP contribution is -2.12. The van der Waals surface area contributed by atoms with E-state index in [1.54, 1.807) is 42.5 Å². The summed E-state index contributed by atoms with van der Waals surface area (Å²) in [7, 11) is 0. The van der Waals surface area contributed by atoms with Crippen LogP contribution in [0.4, 0.5) is 5.69 Å². The molecule has 0 aliphatic carbocycles. The van der Waals surface area contributed by atoms with Crippen LogP contribution in [0.1, 0.15) is 43.0 Å². The molecule has 1 amide bonds. The predicted molar refractivity (Wildman–Crippen MR) is 100 cm³/mol. The zero-order chi connectivity index (χ0) is 17.4. The van der Waals surface area contributed by atoms with Gasteiger partial charge in [0, 0.05) is 10.6 Å². The number of anilines is 1. The van der Waals surface area contributed by atoms with Crippen molar-refractivity contribution in [3.05, 3.63) is 58.1 Å². The van der Waals surface area contributed by atoms with E-state index < -0.39 is 0 Å². The molecule has 0 bridgehead atoms. The minimum atomic E-state index is -0.228. The third-order valence-corrected chi connectivity index (χ3v) is 4.11. The van der Waals surface area contributed by atoms with Crippen LogP contribution < -0.4 is 10.1 Å². The maximum absolute atomic E-state index is 12.3. The second-order valence-electron chi connectivity index (χ2n) is 5.51. The van der Waals surface area contributed by atoms with Gasteiger partial charge in [-0.2, -0.15) is 0 Å². The zero-order valence-corrected chi connectivity index (χ0v) is 15.2.